The molecule has 0 aromatic heterocycles. The van der Waals surface area contributed by atoms with Crippen molar-refractivity contribution in [1.82, 2.24) is 5.32 Å². The monoisotopic (exact) mass is 248 g/mol. The lowest BCUT2D eigenvalue weighted by Crippen LogP contribution is -2.44. The first kappa shape index (κ1) is 15.8. The van der Waals surface area contributed by atoms with Gasteiger partial charge in [-0.2, -0.15) is 0 Å². The van der Waals surface area contributed by atoms with Crippen LogP contribution in [0.25, 0.3) is 0 Å². The molecule has 0 spiro atoms. The van der Waals surface area contributed by atoms with Crippen molar-refractivity contribution in [2.75, 3.05) is 27.4 Å². The fraction of sp³-hybridized carbons (Fsp3) is 0.800. The summed E-state index contributed by atoms with van der Waals surface area (Å²) in [6, 6.07) is -0.655. The van der Waals surface area contributed by atoms with Crippen molar-refractivity contribution in [2.24, 2.45) is 5.73 Å². The van der Waals surface area contributed by atoms with Gasteiger partial charge in [0.05, 0.1) is 18.6 Å². The molecule has 2 unspecified atom stereocenters. The summed E-state index contributed by atoms with van der Waals surface area (Å²) in [6.45, 7) is 0.528. The number of carbonyl (C=O) groups is 2. The Balaban J connectivity index is 3.90. The maximum absolute atomic E-state index is 11.5. The van der Waals surface area contributed by atoms with Crippen LogP contribution in [-0.2, 0) is 19.1 Å². The number of carbonyl (C=O) groups excluding carboxylic acids is 1. The third kappa shape index (κ3) is 7.67. The minimum atomic E-state index is -0.977. The van der Waals surface area contributed by atoms with E-state index in [-0.39, 0.29) is 18.9 Å². The number of amides is 1. The molecule has 17 heavy (non-hydrogen) atoms. The Morgan fingerprint density at radius 1 is 1.41 bits per heavy atom. The average Bonchev–Trinajstić information content (AvgIpc) is 2.30. The molecule has 0 saturated carbocycles. The van der Waals surface area contributed by atoms with Gasteiger partial charge in [0.25, 0.3) is 0 Å². The van der Waals surface area contributed by atoms with E-state index < -0.39 is 18.1 Å². The molecule has 0 aliphatic rings. The van der Waals surface area contributed by atoms with Crippen molar-refractivity contribution >= 4 is 11.9 Å². The van der Waals surface area contributed by atoms with Crippen LogP contribution in [0.5, 0.6) is 0 Å². The molecule has 2 atom stereocenters. The van der Waals surface area contributed by atoms with Crippen LogP contribution in [0.3, 0.4) is 0 Å². The summed E-state index contributed by atoms with van der Waals surface area (Å²) in [4.78, 5) is 21.9. The molecular weight excluding hydrogens is 228 g/mol. The summed E-state index contributed by atoms with van der Waals surface area (Å²) < 4.78 is 9.71. The molecule has 1 amide bonds. The first-order valence-electron chi connectivity index (χ1n) is 5.28. The summed E-state index contributed by atoms with van der Waals surface area (Å²) in [5.41, 5.74) is 5.58. The Bertz CT molecular complexity index is 247. The average molecular weight is 248 g/mol. The molecule has 0 bridgehead atoms. The van der Waals surface area contributed by atoms with Gasteiger partial charge in [-0.05, 0) is 6.42 Å². The number of carboxylic acids is 1. The molecule has 100 valence electrons. The van der Waals surface area contributed by atoms with E-state index in [0.717, 1.165) is 0 Å². The van der Waals surface area contributed by atoms with Crippen LogP contribution in [-0.4, -0.2) is 56.5 Å². The molecular formula is C10H20N2O5. The SMILES string of the molecule is COCCC(N)C(=O)NCC(CC(=O)O)OC. The van der Waals surface area contributed by atoms with E-state index >= 15 is 0 Å². The molecule has 4 N–H and O–H groups in total. The van der Waals surface area contributed by atoms with Gasteiger partial charge in [0, 0.05) is 27.4 Å². The molecule has 0 radical (unpaired) electrons. The van der Waals surface area contributed by atoms with E-state index in [1.54, 1.807) is 0 Å². The number of hydrogen-bond acceptors (Lipinski definition) is 5. The number of rotatable bonds is 9. The zero-order valence-electron chi connectivity index (χ0n) is 10.1. The van der Waals surface area contributed by atoms with Crippen molar-refractivity contribution in [3.05, 3.63) is 0 Å². The highest BCUT2D eigenvalue weighted by Gasteiger charge is 2.17. The van der Waals surface area contributed by atoms with Crippen LogP contribution < -0.4 is 11.1 Å². The Morgan fingerprint density at radius 2 is 2.06 bits per heavy atom. The Morgan fingerprint density at radius 3 is 2.53 bits per heavy atom. The van der Waals surface area contributed by atoms with Gasteiger partial charge in [-0.15, -0.1) is 0 Å². The number of carboxylic acid groups (broad SMARTS) is 1. The minimum absolute atomic E-state index is 0.127. The second-order valence-corrected chi connectivity index (χ2v) is 3.59. The first-order valence-corrected chi connectivity index (χ1v) is 5.28. The lowest BCUT2D eigenvalue weighted by molar-refractivity contribution is -0.140. The third-order valence-corrected chi connectivity index (χ3v) is 2.21. The van der Waals surface area contributed by atoms with E-state index in [9.17, 15) is 9.59 Å². The number of ether oxygens (including phenoxy) is 2. The molecule has 7 nitrogen and oxygen atoms in total. The standard InChI is InChI=1S/C10H20N2O5/c1-16-4-3-8(11)10(15)12-6-7(17-2)5-9(13)14/h7-8H,3-6,11H2,1-2H3,(H,12,15)(H,13,14). The van der Waals surface area contributed by atoms with Crippen molar-refractivity contribution in [2.45, 2.75) is 25.0 Å². The fourth-order valence-electron chi connectivity index (χ4n) is 1.16. The summed E-state index contributed by atoms with van der Waals surface area (Å²) in [6.07, 6.45) is -0.297. The molecule has 0 rings (SSSR count). The van der Waals surface area contributed by atoms with Crippen LogP contribution in [0, 0.1) is 0 Å². The predicted octanol–water partition coefficient (Wildman–Crippen LogP) is -1.04. The van der Waals surface area contributed by atoms with Crippen molar-refractivity contribution in [1.29, 1.82) is 0 Å². The molecule has 0 aromatic rings. The molecule has 0 fully saturated rings. The van der Waals surface area contributed by atoms with Gasteiger partial charge in [0.1, 0.15) is 0 Å². The number of nitrogens with one attached hydrogen (secondary N) is 1. The van der Waals surface area contributed by atoms with Gasteiger partial charge < -0.3 is 25.6 Å². The molecule has 0 aliphatic heterocycles. The van der Waals surface area contributed by atoms with Gasteiger partial charge in [-0.25, -0.2) is 0 Å². The van der Waals surface area contributed by atoms with Gasteiger partial charge in [0.2, 0.25) is 5.91 Å². The smallest absolute Gasteiger partial charge is 0.306 e. The second kappa shape index (κ2) is 8.91. The topological polar surface area (TPSA) is 111 Å². The van der Waals surface area contributed by atoms with Gasteiger partial charge in [-0.1, -0.05) is 0 Å². The van der Waals surface area contributed by atoms with Gasteiger partial charge >= 0.3 is 5.97 Å². The quantitative estimate of drug-likeness (QED) is 0.480. The third-order valence-electron chi connectivity index (χ3n) is 2.21. The summed E-state index contributed by atoms with van der Waals surface area (Å²) in [7, 11) is 2.92. The number of hydrogen-bond donors (Lipinski definition) is 3. The number of methoxy groups -OCH3 is 2. The fourth-order valence-corrected chi connectivity index (χ4v) is 1.16. The second-order valence-electron chi connectivity index (χ2n) is 3.59. The van der Waals surface area contributed by atoms with Gasteiger partial charge in [-0.3, -0.25) is 9.59 Å². The van der Waals surface area contributed by atoms with E-state index in [1.807, 2.05) is 0 Å². The first-order chi connectivity index (χ1) is 8.01. The molecule has 0 aromatic carbocycles. The van der Waals surface area contributed by atoms with Crippen LogP contribution >= 0.6 is 0 Å². The highest BCUT2D eigenvalue weighted by molar-refractivity contribution is 5.81. The zero-order valence-corrected chi connectivity index (χ0v) is 10.1. The van der Waals surface area contributed by atoms with Crippen molar-refractivity contribution in [3.63, 3.8) is 0 Å². The van der Waals surface area contributed by atoms with E-state index in [0.29, 0.717) is 13.0 Å². The number of nitrogens with two attached hydrogens (primary N) is 1. The lowest BCUT2D eigenvalue weighted by atomic mass is 10.2. The Kier molecular flexibility index (Phi) is 8.29. The van der Waals surface area contributed by atoms with Crippen molar-refractivity contribution in [3.8, 4) is 0 Å². The lowest BCUT2D eigenvalue weighted by Gasteiger charge is -2.16. The molecule has 7 heteroatoms. The number of aliphatic carboxylic acids is 1. The van der Waals surface area contributed by atoms with Crippen LogP contribution in [0.2, 0.25) is 0 Å². The predicted molar refractivity (Wildman–Crippen MR) is 60.5 cm³/mol. The summed E-state index contributed by atoms with van der Waals surface area (Å²) >= 11 is 0. The van der Waals surface area contributed by atoms with Crippen LogP contribution in [0.15, 0.2) is 0 Å². The maximum atomic E-state index is 11.5. The van der Waals surface area contributed by atoms with Crippen LogP contribution in [0.4, 0.5) is 0 Å². The summed E-state index contributed by atoms with van der Waals surface area (Å²) in [5, 5.41) is 11.1. The summed E-state index contributed by atoms with van der Waals surface area (Å²) in [5.74, 6) is -1.32. The highest BCUT2D eigenvalue weighted by Crippen LogP contribution is 1.96. The molecule has 0 saturated heterocycles. The molecule has 0 heterocycles. The zero-order chi connectivity index (χ0) is 13.3. The van der Waals surface area contributed by atoms with E-state index in [1.165, 1.54) is 14.2 Å². The Labute approximate surface area is 100 Å². The Hall–Kier alpha value is -1.18. The van der Waals surface area contributed by atoms with Crippen LogP contribution in [0.1, 0.15) is 12.8 Å². The highest BCUT2D eigenvalue weighted by atomic mass is 16.5. The van der Waals surface area contributed by atoms with Crippen molar-refractivity contribution < 1.29 is 24.2 Å². The molecule has 0 aliphatic carbocycles. The maximum Gasteiger partial charge on any atom is 0.306 e. The van der Waals surface area contributed by atoms with E-state index in [2.05, 4.69) is 5.32 Å². The minimum Gasteiger partial charge on any atom is -0.481 e. The normalized spacial score (nSPS) is 14.1. The largest absolute Gasteiger partial charge is 0.481 e. The van der Waals surface area contributed by atoms with E-state index in [4.69, 9.17) is 20.3 Å². The van der Waals surface area contributed by atoms with Gasteiger partial charge in [0.15, 0.2) is 0 Å².